The fraction of sp³-hybridized carbons (Fsp3) is 0.366. The van der Waals surface area contributed by atoms with Crippen molar-refractivity contribution in [3.05, 3.63) is 107 Å². The summed E-state index contributed by atoms with van der Waals surface area (Å²) in [5.41, 5.74) is -24.5. The van der Waals surface area contributed by atoms with Gasteiger partial charge in [0.2, 0.25) is 0 Å². The van der Waals surface area contributed by atoms with E-state index < -0.39 is 147 Å². The average molecular weight is 1020 g/mol. The summed E-state index contributed by atoms with van der Waals surface area (Å²) in [6, 6.07) is 12.7. The number of ether oxygens (including phenoxy) is 4. The molecule has 0 spiro atoms. The first kappa shape index (κ1) is 54.2. The van der Waals surface area contributed by atoms with Gasteiger partial charge in [0.25, 0.3) is 0 Å². The molecule has 0 saturated carbocycles. The van der Waals surface area contributed by atoms with Crippen LogP contribution in [0.25, 0.3) is 0 Å². The third-order valence-corrected chi connectivity index (χ3v) is 13.5. The minimum Gasteiger partial charge on any atom is -0.482 e. The summed E-state index contributed by atoms with van der Waals surface area (Å²) in [5.74, 6) is -3.47. The van der Waals surface area contributed by atoms with Crippen LogP contribution in [0.5, 0.6) is 11.5 Å². The molecule has 0 heterocycles. The van der Waals surface area contributed by atoms with E-state index in [1.807, 2.05) is 0 Å². The smallest absolute Gasteiger partial charge is 0.418 e. The van der Waals surface area contributed by atoms with Gasteiger partial charge in [0.1, 0.15) is 27.6 Å². The number of rotatable bonds is 12. The van der Waals surface area contributed by atoms with Crippen LogP contribution in [0, 0.1) is 0 Å². The molecule has 370 valence electrons. The standard InChI is InChI=1S/C41H35F15O9S2/c1-35(2,3)63-27(57)20-61-22-17-18-26(25(19-22)62-21-28(58)64-36(4,5)6)66(23-13-9-7-10-14-23,24-15-11-8-12-16-24)65-67(59,60)34-32(40(51,52)53)30(38(45,46)47)29(37(42,43)44)31(39(48,49)50)33(34)41(54,55)56/h7-19H,20-21H2,1-6H3. The summed E-state index contributed by atoms with van der Waals surface area (Å²) in [6.07, 6.45) is -36.5. The number of esters is 2. The molecule has 0 fully saturated rings. The predicted octanol–water partition coefficient (Wildman–Crippen LogP) is 12.8. The Kier molecular flexibility index (Phi) is 15.1. The van der Waals surface area contributed by atoms with Crippen LogP contribution in [-0.2, 0) is 63.7 Å². The largest absolute Gasteiger partial charge is 0.482 e. The Morgan fingerprint density at radius 1 is 0.478 bits per heavy atom. The molecular weight excluding hydrogens is 986 g/mol. The summed E-state index contributed by atoms with van der Waals surface area (Å²) in [5, 5.41) is 0. The number of benzene rings is 4. The van der Waals surface area contributed by atoms with E-state index in [4.69, 9.17) is 22.6 Å². The fourth-order valence-electron chi connectivity index (χ4n) is 6.22. The number of hydrogen-bond donors (Lipinski definition) is 0. The van der Waals surface area contributed by atoms with Crippen molar-refractivity contribution in [3.63, 3.8) is 0 Å². The third-order valence-electron chi connectivity index (χ3n) is 8.23. The number of carbonyl (C=O) groups excluding carboxylic acids is 2. The molecular formula is C41H35F15O9S2. The highest BCUT2D eigenvalue weighted by molar-refractivity contribution is 8.33. The van der Waals surface area contributed by atoms with Gasteiger partial charge in [0.15, 0.2) is 13.2 Å². The lowest BCUT2D eigenvalue weighted by Gasteiger charge is -2.40. The number of hydrogen-bond acceptors (Lipinski definition) is 9. The number of alkyl halides is 15. The molecule has 0 unspecified atom stereocenters. The van der Waals surface area contributed by atoms with E-state index >= 15 is 26.3 Å². The van der Waals surface area contributed by atoms with Crippen LogP contribution >= 0.6 is 10.3 Å². The zero-order valence-corrected chi connectivity index (χ0v) is 36.7. The molecule has 0 N–H and O–H groups in total. The maximum Gasteiger partial charge on any atom is 0.418 e. The summed E-state index contributed by atoms with van der Waals surface area (Å²) < 4.78 is 277. The van der Waals surface area contributed by atoms with E-state index in [0.717, 1.165) is 66.7 Å². The number of carbonyl (C=O) groups is 2. The molecule has 4 aromatic rings. The van der Waals surface area contributed by atoms with E-state index in [1.54, 1.807) is 0 Å². The molecule has 0 radical (unpaired) electrons. The van der Waals surface area contributed by atoms with Gasteiger partial charge in [-0.25, -0.2) is 13.2 Å². The lowest BCUT2D eigenvalue weighted by molar-refractivity contribution is -0.191. The maximum atomic E-state index is 15.0. The lowest BCUT2D eigenvalue weighted by atomic mass is 9.89. The molecule has 4 rings (SSSR count). The highest BCUT2D eigenvalue weighted by Gasteiger charge is 2.63. The summed E-state index contributed by atoms with van der Waals surface area (Å²) in [4.78, 5) is 19.3. The highest BCUT2D eigenvalue weighted by atomic mass is 32.3. The summed E-state index contributed by atoms with van der Waals surface area (Å²) in [7, 11) is -12.6. The predicted molar refractivity (Wildman–Crippen MR) is 204 cm³/mol. The van der Waals surface area contributed by atoms with E-state index in [1.165, 1.54) is 53.7 Å². The molecule has 0 amide bonds. The summed E-state index contributed by atoms with van der Waals surface area (Å²) >= 11 is 0. The van der Waals surface area contributed by atoms with E-state index in [9.17, 15) is 57.5 Å². The molecule has 0 aromatic heterocycles. The molecule has 9 nitrogen and oxygen atoms in total. The van der Waals surface area contributed by atoms with Gasteiger partial charge in [0.05, 0.1) is 32.7 Å². The second-order valence-electron chi connectivity index (χ2n) is 15.8. The minimum absolute atomic E-state index is 0.433. The van der Waals surface area contributed by atoms with Gasteiger partial charge in [-0.3, -0.25) is 0 Å². The van der Waals surface area contributed by atoms with E-state index in [2.05, 4.69) is 0 Å². The SMILES string of the molecule is CC(C)(C)OC(=O)COc1ccc(S(OS(=O)(=O)c2c(C(F)(F)F)c(C(F)(F)F)c(C(F)(F)F)c(C(F)(F)F)c2C(F)(F)F)(c2ccccc2)c2ccccc2)c(OCC(=O)OC(C)(C)C)c1. The Balaban J connectivity index is 2.31. The fourth-order valence-corrected chi connectivity index (χ4v) is 11.9. The Hall–Kier alpha value is -5.37. The Morgan fingerprint density at radius 2 is 0.821 bits per heavy atom. The van der Waals surface area contributed by atoms with Crippen LogP contribution < -0.4 is 9.47 Å². The minimum atomic E-state index is -7.65. The van der Waals surface area contributed by atoms with Gasteiger partial charge in [-0.15, -0.1) is 0 Å². The molecule has 4 aromatic carbocycles. The van der Waals surface area contributed by atoms with Crippen molar-refractivity contribution in [2.75, 3.05) is 13.2 Å². The van der Waals surface area contributed by atoms with E-state index in [0.29, 0.717) is 0 Å². The zero-order valence-electron chi connectivity index (χ0n) is 35.1. The first-order chi connectivity index (χ1) is 30.2. The topological polar surface area (TPSA) is 114 Å². The van der Waals surface area contributed by atoms with Crippen LogP contribution in [0.15, 0.2) is 98.4 Å². The van der Waals surface area contributed by atoms with E-state index in [-0.39, 0.29) is 0 Å². The van der Waals surface area contributed by atoms with Crippen LogP contribution in [0.4, 0.5) is 65.9 Å². The van der Waals surface area contributed by atoms with Crippen molar-refractivity contribution in [2.24, 2.45) is 0 Å². The quantitative estimate of drug-likeness (QED) is 0.101. The molecule has 0 saturated heterocycles. The van der Waals surface area contributed by atoms with Gasteiger partial charge in [0, 0.05) is 15.9 Å². The first-order valence-corrected chi connectivity index (χ1v) is 21.5. The highest BCUT2D eigenvalue weighted by Crippen LogP contribution is 2.73. The second kappa shape index (κ2) is 18.6. The maximum absolute atomic E-state index is 15.0. The zero-order chi connectivity index (χ0) is 51.1. The van der Waals surface area contributed by atoms with Gasteiger partial charge in [-0.1, -0.05) is 36.4 Å². The number of halogens is 15. The Bertz CT molecular complexity index is 2470. The molecule has 0 aliphatic rings. The molecule has 0 aliphatic heterocycles. The molecule has 0 aliphatic carbocycles. The van der Waals surface area contributed by atoms with Gasteiger partial charge in [-0.2, -0.15) is 74.3 Å². The van der Waals surface area contributed by atoms with Gasteiger partial charge in [-0.05, 0) is 88.2 Å². The average Bonchev–Trinajstić information content (AvgIpc) is 3.15. The molecule has 26 heteroatoms. The summed E-state index contributed by atoms with van der Waals surface area (Å²) in [6.45, 7) is 6.60. The van der Waals surface area contributed by atoms with Crippen LogP contribution in [-0.4, -0.2) is 44.8 Å². The Morgan fingerprint density at radius 3 is 1.16 bits per heavy atom. The second-order valence-corrected chi connectivity index (χ2v) is 20.1. The van der Waals surface area contributed by atoms with Crippen LogP contribution in [0.1, 0.15) is 69.4 Å². The first-order valence-electron chi connectivity index (χ1n) is 18.5. The van der Waals surface area contributed by atoms with Crippen molar-refractivity contribution in [1.82, 2.24) is 0 Å². The molecule has 67 heavy (non-hydrogen) atoms. The van der Waals surface area contributed by atoms with Crippen molar-refractivity contribution < 1.29 is 106 Å². The van der Waals surface area contributed by atoms with Crippen molar-refractivity contribution >= 4 is 32.4 Å². The monoisotopic (exact) mass is 1020 g/mol. The van der Waals surface area contributed by atoms with Crippen molar-refractivity contribution in [3.8, 4) is 11.5 Å². The normalized spacial score (nSPS) is 13.8. The molecule has 0 bridgehead atoms. The van der Waals surface area contributed by atoms with Crippen LogP contribution in [0.2, 0.25) is 0 Å². The lowest BCUT2D eigenvalue weighted by Crippen LogP contribution is -2.34. The van der Waals surface area contributed by atoms with Crippen molar-refractivity contribution in [1.29, 1.82) is 0 Å². The van der Waals surface area contributed by atoms with Gasteiger partial charge < -0.3 is 18.9 Å². The van der Waals surface area contributed by atoms with Crippen molar-refractivity contribution in [2.45, 2.75) is 103 Å². The third kappa shape index (κ3) is 12.8. The van der Waals surface area contributed by atoms with Crippen LogP contribution in [0.3, 0.4) is 0 Å². The van der Waals surface area contributed by atoms with Gasteiger partial charge >= 0.3 is 52.9 Å². The molecule has 0 atom stereocenters. The Labute approximate surface area is 372 Å².